The minimum atomic E-state index is -0.894. The second-order valence-corrected chi connectivity index (χ2v) is 17.2. The summed E-state index contributed by atoms with van der Waals surface area (Å²) in [6, 6.07) is 14.9. The number of imide groups is 1. The number of piperidine rings is 1. The number of quaternary nitrogens is 1. The average Bonchev–Trinajstić information content (AvgIpc) is 3.26. The number of anilines is 2. The van der Waals surface area contributed by atoms with Gasteiger partial charge in [-0.2, -0.15) is 15.9 Å². The zero-order chi connectivity index (χ0) is 46.2. The Labute approximate surface area is 380 Å². The van der Waals surface area contributed by atoms with Crippen molar-refractivity contribution in [1.82, 2.24) is 25.1 Å². The van der Waals surface area contributed by atoms with Crippen LogP contribution in [0.15, 0.2) is 60.9 Å². The number of thiol groups is 1. The van der Waals surface area contributed by atoms with Crippen LogP contribution in [0.4, 0.5) is 16.0 Å². The van der Waals surface area contributed by atoms with Crippen LogP contribution < -0.4 is 25.1 Å². The van der Waals surface area contributed by atoms with Crippen LogP contribution in [0.2, 0.25) is 5.02 Å². The monoisotopic (exact) mass is 918 g/mol. The molecule has 4 aromatic rings. The molecule has 0 radical (unpaired) electrons. The van der Waals surface area contributed by atoms with Gasteiger partial charge in [0, 0.05) is 75.1 Å². The maximum absolute atomic E-state index is 15.3. The summed E-state index contributed by atoms with van der Waals surface area (Å²) in [4.78, 5) is 62.7. The zero-order valence-electron chi connectivity index (χ0n) is 35.8. The summed E-state index contributed by atoms with van der Waals surface area (Å²) in [5.41, 5.74) is 4.91. The van der Waals surface area contributed by atoms with E-state index < -0.39 is 39.2 Å². The summed E-state index contributed by atoms with van der Waals surface area (Å²) in [7, 11) is 2.82. The van der Waals surface area contributed by atoms with Gasteiger partial charge < -0.3 is 24.0 Å². The molecule has 3 aromatic carbocycles. The number of piperazine rings is 1. The molecular formula is C44H50ClFN9O8S+. The van der Waals surface area contributed by atoms with Crippen molar-refractivity contribution in [1.29, 1.82) is 5.26 Å². The van der Waals surface area contributed by atoms with Crippen molar-refractivity contribution in [3.05, 3.63) is 105 Å². The summed E-state index contributed by atoms with van der Waals surface area (Å²) in [6.45, 7) is 7.78. The number of hydrogen-bond acceptors (Lipinski definition) is 15. The van der Waals surface area contributed by atoms with E-state index in [9.17, 15) is 29.6 Å². The van der Waals surface area contributed by atoms with Crippen molar-refractivity contribution in [2.24, 2.45) is 0 Å². The number of nitrogens with one attached hydrogen (secondary N) is 2. The molecule has 0 spiro atoms. The highest BCUT2D eigenvalue weighted by atomic mass is 35.5. The van der Waals surface area contributed by atoms with E-state index in [1.54, 1.807) is 24.5 Å². The van der Waals surface area contributed by atoms with E-state index in [-0.39, 0.29) is 61.2 Å². The highest BCUT2D eigenvalue weighted by Crippen LogP contribution is 2.39. The molecule has 0 saturated carbocycles. The van der Waals surface area contributed by atoms with Gasteiger partial charge in [-0.1, -0.05) is 37.6 Å². The van der Waals surface area contributed by atoms with Crippen LogP contribution >= 0.6 is 24.4 Å². The number of hydroxylamine groups is 1. The molecule has 2 saturated heterocycles. The number of nitriles is 1. The highest BCUT2D eigenvalue weighted by Gasteiger charge is 2.34. The molecule has 2 aliphatic rings. The predicted octanol–water partition coefficient (Wildman–Crippen LogP) is 4.96. The van der Waals surface area contributed by atoms with Crippen LogP contribution in [-0.2, 0) is 26.3 Å². The molecule has 338 valence electrons. The number of aldehydes is 1. The lowest BCUT2D eigenvalue weighted by molar-refractivity contribution is -0.955. The number of aromatic nitrogens is 2. The third-order valence-electron chi connectivity index (χ3n) is 11.1. The fraction of sp³-hybridized carbons (Fsp3) is 0.386. The lowest BCUT2D eigenvalue weighted by atomic mass is 9.77. The number of hydrogen-bond donors (Lipinski definition) is 4. The molecule has 2 fully saturated rings. The Kier molecular flexibility index (Phi) is 15.4. The smallest absolute Gasteiger partial charge is 0.273 e. The molecule has 3 amide bonds. The van der Waals surface area contributed by atoms with Gasteiger partial charge in [0.25, 0.3) is 11.9 Å². The Bertz CT molecular complexity index is 2390. The van der Waals surface area contributed by atoms with E-state index >= 15 is 4.39 Å². The number of carbonyl (C=O) groups excluding carboxylic acids is 4. The number of halogens is 2. The molecule has 1 aromatic heterocycles. The van der Waals surface area contributed by atoms with E-state index in [0.717, 1.165) is 22.8 Å². The first-order valence-corrected chi connectivity index (χ1v) is 21.2. The van der Waals surface area contributed by atoms with Crippen molar-refractivity contribution in [3.8, 4) is 17.6 Å². The predicted molar refractivity (Wildman–Crippen MR) is 237 cm³/mol. The lowest BCUT2D eigenvalue weighted by Gasteiger charge is -2.36. The number of nitrogens with zero attached hydrogens (tertiary/aromatic N) is 7. The van der Waals surface area contributed by atoms with Crippen LogP contribution in [0.1, 0.15) is 69.7 Å². The molecule has 6 rings (SSSR count). The normalized spacial score (nSPS) is 16.6. The second-order valence-electron chi connectivity index (χ2n) is 16.0. The maximum atomic E-state index is 15.3. The van der Waals surface area contributed by atoms with Gasteiger partial charge in [-0.25, -0.2) is 14.4 Å². The summed E-state index contributed by atoms with van der Waals surface area (Å²) in [6.07, 6.45) is 3.81. The fourth-order valence-corrected chi connectivity index (χ4v) is 7.72. The summed E-state index contributed by atoms with van der Waals surface area (Å²) in [5.74, 6) is -1.15. The molecule has 3 heterocycles. The van der Waals surface area contributed by atoms with Crippen molar-refractivity contribution >= 4 is 60.1 Å². The fourth-order valence-electron chi connectivity index (χ4n) is 7.36. The number of likely N-dealkylation sites (N-methyl/N-ethyl adjacent to an activating group) is 1. The first-order valence-electron chi connectivity index (χ1n) is 20.4. The maximum Gasteiger partial charge on any atom is 0.273 e. The average molecular weight is 919 g/mol. The van der Waals surface area contributed by atoms with E-state index in [0.29, 0.717) is 62.0 Å². The first kappa shape index (κ1) is 47.6. The van der Waals surface area contributed by atoms with Gasteiger partial charge >= 0.3 is 0 Å². The molecule has 0 aliphatic carbocycles. The number of carbonyl (C=O) groups is 4. The summed E-state index contributed by atoms with van der Waals surface area (Å²) >= 11 is 10.6. The third-order valence-corrected chi connectivity index (χ3v) is 11.5. The minimum absolute atomic E-state index is 0.0266. The third kappa shape index (κ3) is 11.8. The van der Waals surface area contributed by atoms with Crippen molar-refractivity contribution in [2.75, 3.05) is 77.0 Å². The van der Waals surface area contributed by atoms with Crippen LogP contribution in [0.25, 0.3) is 0 Å². The Hall–Kier alpha value is -5.88. The molecule has 64 heavy (non-hydrogen) atoms. The van der Waals surface area contributed by atoms with Crippen LogP contribution in [0, 0.1) is 17.1 Å². The number of amides is 3. The minimum Gasteiger partial charge on any atom is -0.489 e. The van der Waals surface area contributed by atoms with Gasteiger partial charge in [0.2, 0.25) is 11.8 Å². The Morgan fingerprint density at radius 1 is 1.09 bits per heavy atom. The largest absolute Gasteiger partial charge is 0.489 e. The zero-order valence-corrected chi connectivity index (χ0v) is 37.5. The molecule has 2 aliphatic heterocycles. The number of ether oxygens (including phenoxy) is 3. The standard InChI is InChI=1S/C44H49ClFN9O8S/c1-44(2,31-5-7-33(8-6-31)63-27-28-24-48-43(49-25-28)51-55(4,60)64)32-19-29(23-47)40(35(45)21-32)62-18-17-61-16-15-53-11-13-54(14-12-53)38-22-34(30(26-56)20-36(38)46)42(59)52(3)37-9-10-39(57)50-41(37)58/h5-8,19-22,24-26,37,60,64H,9-18,27H2,1-4H3,(H-,48,49,50,51,57,58)/p+1. The molecule has 17 nitrogen and oxygen atoms in total. The highest BCUT2D eigenvalue weighted by molar-refractivity contribution is 7.74. The van der Waals surface area contributed by atoms with Gasteiger partial charge in [0.15, 0.2) is 12.0 Å². The molecule has 2 atom stereocenters. The van der Waals surface area contributed by atoms with Crippen LogP contribution in [0.5, 0.6) is 11.5 Å². The summed E-state index contributed by atoms with van der Waals surface area (Å²) in [5, 5.41) is 22.3. The van der Waals surface area contributed by atoms with E-state index in [1.807, 2.05) is 43.0 Å². The quantitative estimate of drug-likeness (QED) is 0.0261. The Balaban J connectivity index is 0.951. The molecule has 20 heteroatoms. The number of benzene rings is 3. The van der Waals surface area contributed by atoms with Gasteiger partial charge in [-0.05, 0) is 58.1 Å². The van der Waals surface area contributed by atoms with E-state index in [4.69, 9.17) is 25.8 Å². The SMILES string of the molecule is CN(C(=O)c1cc(N2CCN(CCOCCOc3c(Cl)cc(C(C)(C)c4ccc(OCc5cnc(N[N+](C)(O)S)nc5)cc4)cc3C#N)CC2)c(F)cc1C=O)C1CCC(=O)NC1=O. The second kappa shape index (κ2) is 20.7. The molecule has 0 bridgehead atoms. The van der Waals surface area contributed by atoms with Gasteiger partial charge in [0.1, 0.15) is 56.8 Å². The number of rotatable bonds is 18. The van der Waals surface area contributed by atoms with Gasteiger partial charge in [-0.15, -0.1) is 0 Å². The van der Waals surface area contributed by atoms with Crippen molar-refractivity contribution < 1.29 is 47.1 Å². The molecular weight excluding hydrogens is 869 g/mol. The van der Waals surface area contributed by atoms with Crippen molar-refractivity contribution in [3.63, 3.8) is 0 Å². The molecule has 2 unspecified atom stereocenters. The Morgan fingerprint density at radius 3 is 2.44 bits per heavy atom. The van der Waals surface area contributed by atoms with Crippen molar-refractivity contribution in [2.45, 2.75) is 44.8 Å². The van der Waals surface area contributed by atoms with E-state index in [1.165, 1.54) is 25.1 Å². The molecule has 3 N–H and O–H groups in total. The van der Waals surface area contributed by atoms with E-state index in [2.05, 4.69) is 44.5 Å². The van der Waals surface area contributed by atoms with Crippen LogP contribution in [-0.4, -0.2) is 126 Å². The van der Waals surface area contributed by atoms with Gasteiger partial charge in [-0.3, -0.25) is 29.4 Å². The topological polar surface area (TPSA) is 200 Å². The lowest BCUT2D eigenvalue weighted by Crippen LogP contribution is -2.53. The van der Waals surface area contributed by atoms with Gasteiger partial charge in [0.05, 0.1) is 35.1 Å². The first-order chi connectivity index (χ1) is 30.5. The van der Waals surface area contributed by atoms with Crippen LogP contribution in [0.3, 0.4) is 0 Å². The summed E-state index contributed by atoms with van der Waals surface area (Å²) < 4.78 is 32.2. The Morgan fingerprint density at radius 2 is 1.80 bits per heavy atom.